The third-order valence-electron chi connectivity index (χ3n) is 3.27. The van der Waals surface area contributed by atoms with E-state index in [4.69, 9.17) is 32.8 Å². The van der Waals surface area contributed by atoms with Crippen molar-refractivity contribution >= 4 is 52.6 Å². The number of nitrogens with one attached hydrogen (secondary N) is 2. The summed E-state index contributed by atoms with van der Waals surface area (Å²) in [5.74, 6) is -0.569. The van der Waals surface area contributed by atoms with Gasteiger partial charge in [0.2, 0.25) is 6.10 Å². The molecule has 1 atom stereocenters. The second kappa shape index (κ2) is 9.80. The summed E-state index contributed by atoms with van der Waals surface area (Å²) < 4.78 is 5.13. The Morgan fingerprint density at radius 3 is 2.56 bits per heavy atom. The van der Waals surface area contributed by atoms with E-state index in [1.165, 1.54) is 20.1 Å². The first-order chi connectivity index (χ1) is 12.9. The number of hydrogen-bond acceptors (Lipinski definition) is 5. The first kappa shape index (κ1) is 20.5. The minimum absolute atomic E-state index is 0.383. The van der Waals surface area contributed by atoms with Crippen LogP contribution in [0.4, 0.5) is 11.4 Å². The molecule has 0 fully saturated rings. The van der Waals surface area contributed by atoms with Crippen LogP contribution in [-0.4, -0.2) is 31.2 Å². The fraction of sp³-hybridized carbons (Fsp3) is 0.167. The van der Waals surface area contributed by atoms with Crippen LogP contribution in [0.15, 0.2) is 47.6 Å². The van der Waals surface area contributed by atoms with E-state index in [9.17, 15) is 9.59 Å². The molecule has 0 saturated heterocycles. The molecule has 0 saturated carbocycles. The lowest BCUT2D eigenvalue weighted by Crippen LogP contribution is -2.26. The fourth-order valence-corrected chi connectivity index (χ4v) is 2.33. The van der Waals surface area contributed by atoms with Crippen molar-refractivity contribution in [1.29, 1.82) is 0 Å². The average Bonchev–Trinajstić information content (AvgIpc) is 2.61. The number of methoxy groups -OCH3 is 1. The van der Waals surface area contributed by atoms with Gasteiger partial charge in [-0.3, -0.25) is 9.59 Å². The largest absolute Gasteiger partial charge is 0.495 e. The predicted octanol–water partition coefficient (Wildman–Crippen LogP) is 3.97. The highest BCUT2D eigenvalue weighted by Crippen LogP contribution is 2.27. The molecule has 0 bridgehead atoms. The van der Waals surface area contributed by atoms with Crippen LogP contribution in [0.1, 0.15) is 6.92 Å². The zero-order chi connectivity index (χ0) is 19.8. The van der Waals surface area contributed by atoms with Gasteiger partial charge < -0.3 is 20.2 Å². The summed E-state index contributed by atoms with van der Waals surface area (Å²) in [6.07, 6.45) is -0.0162. The molecule has 27 heavy (non-hydrogen) atoms. The zero-order valence-electron chi connectivity index (χ0n) is 14.5. The van der Waals surface area contributed by atoms with E-state index in [0.29, 0.717) is 27.2 Å². The number of anilines is 2. The van der Waals surface area contributed by atoms with Crippen LogP contribution in [0.25, 0.3) is 0 Å². The van der Waals surface area contributed by atoms with Gasteiger partial charge >= 0.3 is 0 Å². The van der Waals surface area contributed by atoms with E-state index in [0.717, 1.165) is 6.21 Å². The van der Waals surface area contributed by atoms with Gasteiger partial charge in [0.05, 0.1) is 12.8 Å². The van der Waals surface area contributed by atoms with E-state index in [2.05, 4.69) is 15.8 Å². The SMILES string of the molecule is COc1ccc(Cl)cc1NC(=O)/C=N\O[C@@H](C)C(=O)Nc1cccc(Cl)c1. The highest BCUT2D eigenvalue weighted by molar-refractivity contribution is 6.33. The molecule has 0 radical (unpaired) electrons. The molecule has 142 valence electrons. The highest BCUT2D eigenvalue weighted by Gasteiger charge is 2.14. The van der Waals surface area contributed by atoms with Crippen LogP contribution in [0.2, 0.25) is 10.0 Å². The van der Waals surface area contributed by atoms with Crippen LogP contribution in [-0.2, 0) is 14.4 Å². The smallest absolute Gasteiger partial charge is 0.270 e. The van der Waals surface area contributed by atoms with Gasteiger partial charge in [-0.25, -0.2) is 0 Å². The van der Waals surface area contributed by atoms with Crippen LogP contribution in [0.5, 0.6) is 5.75 Å². The Morgan fingerprint density at radius 1 is 1.11 bits per heavy atom. The summed E-state index contributed by atoms with van der Waals surface area (Å²) in [5.41, 5.74) is 0.908. The molecule has 7 nitrogen and oxygen atoms in total. The fourth-order valence-electron chi connectivity index (χ4n) is 1.97. The first-order valence-corrected chi connectivity index (χ1v) is 8.55. The number of halogens is 2. The second-order valence-electron chi connectivity index (χ2n) is 5.32. The maximum absolute atomic E-state index is 12.0. The number of nitrogens with zero attached hydrogens (tertiary/aromatic N) is 1. The van der Waals surface area contributed by atoms with Crippen molar-refractivity contribution < 1.29 is 19.2 Å². The maximum atomic E-state index is 12.0. The summed E-state index contributed by atoms with van der Waals surface area (Å²) in [6, 6.07) is 11.5. The molecule has 2 aromatic rings. The van der Waals surface area contributed by atoms with Gasteiger partial charge in [0.15, 0.2) is 0 Å². The zero-order valence-corrected chi connectivity index (χ0v) is 16.0. The normalized spacial score (nSPS) is 11.7. The van der Waals surface area contributed by atoms with E-state index in [1.54, 1.807) is 36.4 Å². The summed E-state index contributed by atoms with van der Waals surface area (Å²) in [7, 11) is 1.47. The van der Waals surface area contributed by atoms with E-state index in [-0.39, 0.29) is 0 Å². The summed E-state index contributed by atoms with van der Waals surface area (Å²) >= 11 is 11.8. The number of benzene rings is 2. The Bertz CT molecular complexity index is 858. The Balaban J connectivity index is 1.87. The van der Waals surface area contributed by atoms with Gasteiger partial charge in [-0.05, 0) is 43.3 Å². The summed E-state index contributed by atoms with van der Waals surface area (Å²) in [4.78, 5) is 28.9. The minimum atomic E-state index is -0.922. The monoisotopic (exact) mass is 409 g/mol. The Hall–Kier alpha value is -2.77. The molecule has 0 aliphatic carbocycles. The van der Waals surface area contributed by atoms with Crippen LogP contribution in [0, 0.1) is 0 Å². The minimum Gasteiger partial charge on any atom is -0.495 e. The molecular weight excluding hydrogens is 393 g/mol. The van der Waals surface area contributed by atoms with Crippen LogP contribution >= 0.6 is 23.2 Å². The topological polar surface area (TPSA) is 89.0 Å². The number of carbonyl (C=O) groups is 2. The van der Waals surface area contributed by atoms with Crippen LogP contribution < -0.4 is 15.4 Å². The maximum Gasteiger partial charge on any atom is 0.270 e. The van der Waals surface area contributed by atoms with E-state index in [1.807, 2.05) is 0 Å². The number of oxime groups is 1. The number of hydrogen-bond donors (Lipinski definition) is 2. The molecule has 0 aliphatic heterocycles. The second-order valence-corrected chi connectivity index (χ2v) is 6.19. The summed E-state index contributed by atoms with van der Waals surface area (Å²) in [5, 5.41) is 9.64. The molecule has 2 aromatic carbocycles. The molecule has 0 spiro atoms. The van der Waals surface area contributed by atoms with E-state index < -0.39 is 17.9 Å². The Morgan fingerprint density at radius 2 is 1.85 bits per heavy atom. The number of carbonyl (C=O) groups excluding carboxylic acids is 2. The molecule has 2 N–H and O–H groups in total. The van der Waals surface area contributed by atoms with Crippen molar-refractivity contribution in [3.63, 3.8) is 0 Å². The van der Waals surface area contributed by atoms with Crippen molar-refractivity contribution in [3.05, 3.63) is 52.5 Å². The lowest BCUT2D eigenvalue weighted by Gasteiger charge is -2.11. The van der Waals surface area contributed by atoms with E-state index >= 15 is 0 Å². The first-order valence-electron chi connectivity index (χ1n) is 7.79. The average molecular weight is 410 g/mol. The molecule has 9 heteroatoms. The number of rotatable bonds is 7. The van der Waals surface area contributed by atoms with Gasteiger partial charge in [0.1, 0.15) is 12.0 Å². The van der Waals surface area contributed by atoms with Gasteiger partial charge in [-0.15, -0.1) is 0 Å². The van der Waals surface area contributed by atoms with Crippen molar-refractivity contribution in [1.82, 2.24) is 0 Å². The lowest BCUT2D eigenvalue weighted by molar-refractivity contribution is -0.126. The molecule has 2 amide bonds. The van der Waals surface area contributed by atoms with Gasteiger partial charge in [-0.1, -0.05) is 34.4 Å². The number of amides is 2. The third kappa shape index (κ3) is 6.47. The molecule has 0 aliphatic rings. The highest BCUT2D eigenvalue weighted by atomic mass is 35.5. The molecular formula is C18H17Cl2N3O4. The summed E-state index contributed by atoms with van der Waals surface area (Å²) in [6.45, 7) is 1.50. The Labute approximate surface area is 166 Å². The van der Waals surface area contributed by atoms with Crippen LogP contribution in [0.3, 0.4) is 0 Å². The molecule has 2 rings (SSSR count). The van der Waals surface area contributed by atoms with Crippen molar-refractivity contribution in [2.75, 3.05) is 17.7 Å². The standard InChI is InChI=1S/C18H17Cl2N3O4/c1-11(18(25)22-14-5-3-4-12(19)8-14)27-21-10-17(24)23-15-9-13(20)6-7-16(15)26-2/h3-11H,1-2H3,(H,22,25)(H,23,24)/b21-10-/t11-/m0/s1. The number of ether oxygens (including phenoxy) is 1. The van der Waals surface area contributed by atoms with Crippen molar-refractivity contribution in [2.24, 2.45) is 5.16 Å². The predicted molar refractivity (Wildman–Crippen MR) is 106 cm³/mol. The lowest BCUT2D eigenvalue weighted by atomic mass is 10.3. The third-order valence-corrected chi connectivity index (χ3v) is 3.74. The Kier molecular flexibility index (Phi) is 7.45. The van der Waals surface area contributed by atoms with Gasteiger partial charge in [0.25, 0.3) is 11.8 Å². The van der Waals surface area contributed by atoms with Gasteiger partial charge in [0, 0.05) is 15.7 Å². The van der Waals surface area contributed by atoms with Crippen molar-refractivity contribution in [2.45, 2.75) is 13.0 Å². The molecule has 0 unspecified atom stereocenters. The molecule has 0 aromatic heterocycles. The van der Waals surface area contributed by atoms with Crippen molar-refractivity contribution in [3.8, 4) is 5.75 Å². The quantitative estimate of drug-likeness (QED) is 0.534. The van der Waals surface area contributed by atoms with Gasteiger partial charge in [-0.2, -0.15) is 0 Å². The molecule has 0 heterocycles.